The minimum atomic E-state index is -1.17. The van der Waals surface area contributed by atoms with Crippen molar-refractivity contribution in [3.05, 3.63) is 0 Å². The molecular weight excluding hydrogens is 268 g/mol. The second kappa shape index (κ2) is 10.0. The summed E-state index contributed by atoms with van der Waals surface area (Å²) in [6, 6.07) is -1.58. The molecule has 0 aromatic heterocycles. The van der Waals surface area contributed by atoms with Crippen molar-refractivity contribution in [2.75, 3.05) is 26.8 Å². The summed E-state index contributed by atoms with van der Waals surface area (Å²) in [4.78, 5) is 34.7. The molecule has 0 aliphatic carbocycles. The molecule has 20 heavy (non-hydrogen) atoms. The van der Waals surface area contributed by atoms with Crippen molar-refractivity contribution in [3.63, 3.8) is 0 Å². The molecule has 0 saturated carbocycles. The number of hydrogen-bond donors (Lipinski definition) is 3. The summed E-state index contributed by atoms with van der Waals surface area (Å²) in [5.74, 6) is -2.16. The van der Waals surface area contributed by atoms with Crippen molar-refractivity contribution in [3.8, 4) is 0 Å². The molecule has 0 fully saturated rings. The predicted molar refractivity (Wildman–Crippen MR) is 70.6 cm³/mol. The number of carbonyl (C=O) groups excluding carboxylic acids is 1. The first-order valence-corrected chi connectivity index (χ1v) is 6.41. The first kappa shape index (κ1) is 18.2. The lowest BCUT2D eigenvalue weighted by Gasteiger charge is -2.23. The highest BCUT2D eigenvalue weighted by molar-refractivity contribution is 5.82. The molecule has 0 aromatic rings. The van der Waals surface area contributed by atoms with Gasteiger partial charge in [-0.15, -0.1) is 0 Å². The fourth-order valence-electron chi connectivity index (χ4n) is 1.56. The number of ether oxygens (including phenoxy) is 1. The normalized spacial score (nSPS) is 11.7. The number of methoxy groups -OCH3 is 1. The molecule has 0 rings (SSSR count). The maximum absolute atomic E-state index is 11.9. The zero-order chi connectivity index (χ0) is 15.5. The van der Waals surface area contributed by atoms with E-state index in [0.717, 1.165) is 0 Å². The van der Waals surface area contributed by atoms with Gasteiger partial charge in [-0.2, -0.15) is 0 Å². The topological polar surface area (TPSA) is 116 Å². The highest BCUT2D eigenvalue weighted by Gasteiger charge is 2.22. The Morgan fingerprint density at radius 2 is 1.95 bits per heavy atom. The molecule has 0 saturated heterocycles. The Kier molecular flexibility index (Phi) is 9.10. The number of urea groups is 1. The number of nitrogens with zero attached hydrogens (tertiary/aromatic N) is 1. The quantitative estimate of drug-likeness (QED) is 0.535. The zero-order valence-corrected chi connectivity index (χ0v) is 11.8. The van der Waals surface area contributed by atoms with Crippen LogP contribution in [0, 0.1) is 0 Å². The number of likely N-dealkylation sites (N-methyl/N-ethyl adjacent to an activating group) is 1. The van der Waals surface area contributed by atoms with Crippen molar-refractivity contribution in [2.45, 2.75) is 32.2 Å². The molecule has 2 amide bonds. The molecular formula is C12H22N2O6. The van der Waals surface area contributed by atoms with Crippen LogP contribution in [0.25, 0.3) is 0 Å². The Bertz CT molecular complexity index is 334. The van der Waals surface area contributed by atoms with Crippen LogP contribution in [-0.2, 0) is 14.3 Å². The van der Waals surface area contributed by atoms with E-state index in [9.17, 15) is 14.4 Å². The maximum Gasteiger partial charge on any atom is 0.326 e. The summed E-state index contributed by atoms with van der Waals surface area (Å²) >= 11 is 0. The van der Waals surface area contributed by atoms with Crippen molar-refractivity contribution < 1.29 is 29.3 Å². The van der Waals surface area contributed by atoms with Crippen LogP contribution in [0.1, 0.15) is 26.2 Å². The van der Waals surface area contributed by atoms with Crippen LogP contribution in [-0.4, -0.2) is 65.9 Å². The fourth-order valence-corrected chi connectivity index (χ4v) is 1.56. The Morgan fingerprint density at radius 3 is 2.40 bits per heavy atom. The van der Waals surface area contributed by atoms with Crippen LogP contribution in [0.2, 0.25) is 0 Å². The number of carboxylic acid groups (broad SMARTS) is 2. The standard InChI is InChI=1S/C12H22N2O6/c1-3-14(7-8-20-2)12(19)13-9(11(17)18)5-4-6-10(15)16/h9H,3-8H2,1-2H3,(H,13,19)(H,15,16)(H,17,18)/t9-/m1/s1. The number of carboxylic acids is 2. The summed E-state index contributed by atoms with van der Waals surface area (Å²) in [7, 11) is 1.51. The van der Waals surface area contributed by atoms with Crippen LogP contribution >= 0.6 is 0 Å². The minimum Gasteiger partial charge on any atom is -0.481 e. The predicted octanol–water partition coefficient (Wildman–Crippen LogP) is 0.372. The summed E-state index contributed by atoms with van der Waals surface area (Å²) in [6.45, 7) is 2.92. The molecule has 0 bridgehead atoms. The van der Waals surface area contributed by atoms with Gasteiger partial charge < -0.3 is 25.2 Å². The maximum atomic E-state index is 11.9. The lowest BCUT2D eigenvalue weighted by Crippen LogP contribution is -2.48. The van der Waals surface area contributed by atoms with Gasteiger partial charge in [-0.3, -0.25) is 4.79 Å². The summed E-state index contributed by atoms with van der Waals surface area (Å²) in [6.07, 6.45) is 0.146. The average Bonchev–Trinajstić information content (AvgIpc) is 2.37. The third kappa shape index (κ3) is 7.57. The van der Waals surface area contributed by atoms with Gasteiger partial charge >= 0.3 is 18.0 Å². The Balaban J connectivity index is 4.37. The third-order valence-corrected chi connectivity index (χ3v) is 2.71. The summed E-state index contributed by atoms with van der Waals surface area (Å²) < 4.78 is 4.86. The lowest BCUT2D eigenvalue weighted by atomic mass is 10.1. The molecule has 1 atom stereocenters. The third-order valence-electron chi connectivity index (χ3n) is 2.71. The molecule has 3 N–H and O–H groups in total. The van der Waals surface area contributed by atoms with Gasteiger partial charge in [-0.25, -0.2) is 9.59 Å². The van der Waals surface area contributed by atoms with Gasteiger partial charge in [0.2, 0.25) is 0 Å². The molecule has 8 nitrogen and oxygen atoms in total. The Labute approximate surface area is 117 Å². The van der Waals surface area contributed by atoms with Gasteiger partial charge in [-0.1, -0.05) is 0 Å². The van der Waals surface area contributed by atoms with E-state index < -0.39 is 24.0 Å². The van der Waals surface area contributed by atoms with Gasteiger partial charge in [0, 0.05) is 26.6 Å². The number of amides is 2. The smallest absolute Gasteiger partial charge is 0.326 e. The fraction of sp³-hybridized carbons (Fsp3) is 0.750. The summed E-state index contributed by atoms with van der Waals surface area (Å²) in [5.41, 5.74) is 0. The largest absolute Gasteiger partial charge is 0.481 e. The lowest BCUT2D eigenvalue weighted by molar-refractivity contribution is -0.140. The van der Waals surface area contributed by atoms with E-state index in [-0.39, 0.29) is 19.3 Å². The highest BCUT2D eigenvalue weighted by atomic mass is 16.5. The molecule has 8 heteroatoms. The van der Waals surface area contributed by atoms with E-state index in [1.54, 1.807) is 6.92 Å². The number of carbonyl (C=O) groups is 3. The van der Waals surface area contributed by atoms with Crippen molar-refractivity contribution in [1.82, 2.24) is 10.2 Å². The molecule has 0 aromatic carbocycles. The number of aliphatic carboxylic acids is 2. The minimum absolute atomic E-state index is 0.0786. The summed E-state index contributed by atoms with van der Waals surface area (Å²) in [5, 5.41) is 19.9. The van der Waals surface area contributed by atoms with Gasteiger partial charge in [0.15, 0.2) is 0 Å². The van der Waals surface area contributed by atoms with Gasteiger partial charge in [0.05, 0.1) is 6.61 Å². The second-order valence-electron chi connectivity index (χ2n) is 4.20. The van der Waals surface area contributed by atoms with Crippen molar-refractivity contribution >= 4 is 18.0 Å². The van der Waals surface area contributed by atoms with E-state index in [1.165, 1.54) is 12.0 Å². The first-order chi connectivity index (χ1) is 9.42. The van der Waals surface area contributed by atoms with Crippen molar-refractivity contribution in [1.29, 1.82) is 0 Å². The molecule has 0 aliphatic heterocycles. The van der Waals surface area contributed by atoms with Gasteiger partial charge in [0.25, 0.3) is 0 Å². The van der Waals surface area contributed by atoms with Crippen LogP contribution in [0.15, 0.2) is 0 Å². The monoisotopic (exact) mass is 290 g/mol. The zero-order valence-electron chi connectivity index (χ0n) is 11.8. The van der Waals surface area contributed by atoms with Crippen molar-refractivity contribution in [2.24, 2.45) is 0 Å². The SMILES string of the molecule is CCN(CCOC)C(=O)N[C@H](CCCC(=O)O)C(=O)O. The molecule has 0 heterocycles. The Hall–Kier alpha value is -1.83. The van der Waals surface area contributed by atoms with E-state index in [0.29, 0.717) is 19.7 Å². The number of hydrogen-bond acceptors (Lipinski definition) is 4. The van der Waals surface area contributed by atoms with Gasteiger partial charge in [-0.05, 0) is 19.8 Å². The highest BCUT2D eigenvalue weighted by Crippen LogP contribution is 2.03. The number of nitrogens with one attached hydrogen (secondary N) is 1. The molecule has 0 radical (unpaired) electrons. The second-order valence-corrected chi connectivity index (χ2v) is 4.20. The molecule has 0 unspecified atom stereocenters. The van der Waals surface area contributed by atoms with E-state index in [4.69, 9.17) is 14.9 Å². The van der Waals surface area contributed by atoms with E-state index in [1.807, 2.05) is 0 Å². The number of rotatable bonds is 10. The van der Waals surface area contributed by atoms with Gasteiger partial charge in [0.1, 0.15) is 6.04 Å². The van der Waals surface area contributed by atoms with Crippen LogP contribution < -0.4 is 5.32 Å². The van der Waals surface area contributed by atoms with Crippen LogP contribution in [0.5, 0.6) is 0 Å². The molecule has 0 aliphatic rings. The van der Waals surface area contributed by atoms with E-state index in [2.05, 4.69) is 5.32 Å². The molecule has 0 spiro atoms. The van der Waals surface area contributed by atoms with Crippen LogP contribution in [0.3, 0.4) is 0 Å². The first-order valence-electron chi connectivity index (χ1n) is 6.41. The average molecular weight is 290 g/mol. The Morgan fingerprint density at radius 1 is 1.30 bits per heavy atom. The molecule has 116 valence electrons. The van der Waals surface area contributed by atoms with Crippen LogP contribution in [0.4, 0.5) is 4.79 Å². The van der Waals surface area contributed by atoms with E-state index >= 15 is 0 Å².